The second kappa shape index (κ2) is 15.0. The van der Waals surface area contributed by atoms with Crippen molar-refractivity contribution in [2.75, 3.05) is 37.4 Å². The average molecular weight is 591 g/mol. The molecule has 9 nitrogen and oxygen atoms in total. The third-order valence-electron chi connectivity index (χ3n) is 6.41. The van der Waals surface area contributed by atoms with Crippen LogP contribution in [0.2, 0.25) is 0 Å². The molecular weight excluding hydrogens is 554 g/mol. The van der Waals surface area contributed by atoms with Gasteiger partial charge in [-0.3, -0.25) is 14.1 Å². The summed E-state index contributed by atoms with van der Waals surface area (Å²) in [6.07, 6.45) is 3.30. The van der Waals surface area contributed by atoms with Crippen LogP contribution in [0.3, 0.4) is 0 Å². The number of carbonyl (C=O) groups excluding carboxylic acids is 1. The highest BCUT2D eigenvalue weighted by molar-refractivity contribution is 7.92. The predicted octanol–water partition coefficient (Wildman–Crippen LogP) is 2.83. The average Bonchev–Trinajstić information content (AvgIpc) is 2.92. The molecule has 0 aliphatic heterocycles. The molecule has 1 amide bonds. The van der Waals surface area contributed by atoms with Crippen LogP contribution in [0.25, 0.3) is 0 Å². The van der Waals surface area contributed by atoms with Gasteiger partial charge in [-0.1, -0.05) is 31.2 Å². The lowest BCUT2D eigenvalue weighted by Crippen LogP contribution is -2.48. The Balaban J connectivity index is 1.79. The van der Waals surface area contributed by atoms with Crippen LogP contribution in [0.1, 0.15) is 34.0 Å². The predicted molar refractivity (Wildman–Crippen MR) is 153 cm³/mol. The minimum Gasteiger partial charge on any atom is -0.390 e. The van der Waals surface area contributed by atoms with E-state index in [0.717, 1.165) is 40.7 Å². The van der Waals surface area contributed by atoms with Crippen molar-refractivity contribution >= 4 is 21.6 Å². The summed E-state index contributed by atoms with van der Waals surface area (Å²) in [6, 6.07) is 11.4. The quantitative estimate of drug-likeness (QED) is 0.249. The summed E-state index contributed by atoms with van der Waals surface area (Å²) in [7, 11) is -2.25. The molecule has 3 aromatic rings. The summed E-state index contributed by atoms with van der Waals surface area (Å²) in [5, 5.41) is 16.9. The molecule has 0 radical (unpaired) electrons. The third-order valence-corrected chi connectivity index (χ3v) is 7.61. The minimum absolute atomic E-state index is 0.0153. The van der Waals surface area contributed by atoms with E-state index in [2.05, 4.69) is 28.6 Å². The van der Waals surface area contributed by atoms with Crippen molar-refractivity contribution in [3.63, 3.8) is 0 Å². The van der Waals surface area contributed by atoms with E-state index in [1.807, 2.05) is 18.2 Å². The molecule has 0 bridgehead atoms. The fourth-order valence-electron chi connectivity index (χ4n) is 4.33. The van der Waals surface area contributed by atoms with Crippen LogP contribution in [-0.4, -0.2) is 69.6 Å². The van der Waals surface area contributed by atoms with Gasteiger partial charge in [-0.25, -0.2) is 17.2 Å². The summed E-state index contributed by atoms with van der Waals surface area (Å²) >= 11 is 0. The van der Waals surface area contributed by atoms with E-state index in [-0.39, 0.29) is 42.9 Å². The molecule has 0 fully saturated rings. The second-order valence-corrected chi connectivity index (χ2v) is 11.6. The zero-order valence-electron chi connectivity index (χ0n) is 23.3. The highest BCUT2D eigenvalue weighted by Gasteiger charge is 2.24. The second-order valence-electron chi connectivity index (χ2n) is 9.69. The number of hydrogen-bond donors (Lipinski definition) is 3. The number of aromatic nitrogens is 1. The fraction of sp³-hybridized carbons (Fsp3) is 0.379. The molecule has 1 heterocycles. The van der Waals surface area contributed by atoms with Crippen molar-refractivity contribution in [3.05, 3.63) is 94.8 Å². The number of hydrogen-bond acceptors (Lipinski definition) is 7. The summed E-state index contributed by atoms with van der Waals surface area (Å²) in [5.74, 6) is -2.19. The van der Waals surface area contributed by atoms with Gasteiger partial charge in [-0.15, -0.1) is 0 Å². The van der Waals surface area contributed by atoms with Crippen LogP contribution < -0.4 is 14.9 Å². The number of amides is 1. The van der Waals surface area contributed by atoms with E-state index in [1.54, 1.807) is 0 Å². The van der Waals surface area contributed by atoms with Gasteiger partial charge in [-0.05, 0) is 47.7 Å². The van der Waals surface area contributed by atoms with Crippen LogP contribution in [0.15, 0.2) is 60.9 Å². The maximum atomic E-state index is 13.9. The molecule has 0 aliphatic rings. The van der Waals surface area contributed by atoms with E-state index >= 15 is 0 Å². The largest absolute Gasteiger partial charge is 0.390 e. The first-order valence-electron chi connectivity index (χ1n) is 13.1. The maximum absolute atomic E-state index is 13.9. The summed E-state index contributed by atoms with van der Waals surface area (Å²) in [5.41, 5.74) is 2.65. The van der Waals surface area contributed by atoms with Gasteiger partial charge in [-0.2, -0.15) is 0 Å². The molecule has 2 atom stereocenters. The molecule has 3 N–H and O–H groups in total. The summed E-state index contributed by atoms with van der Waals surface area (Å²) in [4.78, 5) is 17.3. The lowest BCUT2D eigenvalue weighted by molar-refractivity contribution is 0.0829. The van der Waals surface area contributed by atoms with Crippen molar-refractivity contribution in [3.8, 4) is 0 Å². The van der Waals surface area contributed by atoms with E-state index in [4.69, 9.17) is 4.74 Å². The number of rotatable bonds is 15. The van der Waals surface area contributed by atoms with Gasteiger partial charge in [0.25, 0.3) is 5.91 Å². The standard InChI is InChI=1S/C29H36F2N4O5S/c1-4-20-6-5-7-21(10-20)16-32-19-28(36)27(13-22-11-24(30)15-25(31)12-22)34-29(37)23-14-26(18-33-17-23)35(8-9-40-2)41(3,38)39/h5-7,10-12,14-15,17-18,27-28,32,36H,4,8-9,13,16,19H2,1-3H3,(H,34,37). The Bertz CT molecular complexity index is 1400. The molecule has 0 saturated heterocycles. The van der Waals surface area contributed by atoms with Crippen LogP contribution in [0.4, 0.5) is 14.5 Å². The van der Waals surface area contributed by atoms with E-state index in [1.165, 1.54) is 31.1 Å². The topological polar surface area (TPSA) is 121 Å². The first kappa shape index (κ1) is 32.1. The van der Waals surface area contributed by atoms with Gasteiger partial charge in [0.2, 0.25) is 10.0 Å². The fourth-order valence-corrected chi connectivity index (χ4v) is 5.22. The number of anilines is 1. The van der Waals surface area contributed by atoms with Crippen LogP contribution in [0, 0.1) is 11.6 Å². The molecule has 41 heavy (non-hydrogen) atoms. The Morgan fingerprint density at radius 1 is 1.07 bits per heavy atom. The smallest absolute Gasteiger partial charge is 0.253 e. The van der Waals surface area contributed by atoms with Crippen molar-refractivity contribution in [1.82, 2.24) is 15.6 Å². The zero-order chi connectivity index (χ0) is 30.0. The molecule has 3 rings (SSSR count). The Hall–Kier alpha value is -3.45. The lowest BCUT2D eigenvalue weighted by atomic mass is 10.00. The number of nitrogens with one attached hydrogen (secondary N) is 2. The molecule has 0 aliphatic carbocycles. The number of sulfonamides is 1. The molecule has 2 aromatic carbocycles. The van der Waals surface area contributed by atoms with Crippen LogP contribution in [0.5, 0.6) is 0 Å². The van der Waals surface area contributed by atoms with E-state index < -0.39 is 39.7 Å². The third kappa shape index (κ3) is 9.85. The normalized spacial score (nSPS) is 13.0. The van der Waals surface area contributed by atoms with Gasteiger partial charge in [0.1, 0.15) is 11.6 Å². The Labute approximate surface area is 239 Å². The van der Waals surface area contributed by atoms with Crippen molar-refractivity contribution in [1.29, 1.82) is 0 Å². The molecule has 1 aromatic heterocycles. The monoisotopic (exact) mass is 590 g/mol. The highest BCUT2D eigenvalue weighted by atomic mass is 32.2. The van der Waals surface area contributed by atoms with Gasteiger partial charge in [0, 0.05) is 32.5 Å². The molecule has 12 heteroatoms. The molecule has 222 valence electrons. The van der Waals surface area contributed by atoms with Gasteiger partial charge < -0.3 is 20.5 Å². The molecular formula is C29H36F2N4O5S. The van der Waals surface area contributed by atoms with Crippen molar-refractivity contribution in [2.45, 2.75) is 38.5 Å². The van der Waals surface area contributed by atoms with Crippen LogP contribution in [-0.2, 0) is 34.1 Å². The van der Waals surface area contributed by atoms with Gasteiger partial charge in [0.15, 0.2) is 0 Å². The van der Waals surface area contributed by atoms with Gasteiger partial charge >= 0.3 is 0 Å². The first-order chi connectivity index (χ1) is 19.5. The number of halogens is 2. The summed E-state index contributed by atoms with van der Waals surface area (Å²) < 4.78 is 58.5. The Morgan fingerprint density at radius 2 is 1.78 bits per heavy atom. The van der Waals surface area contributed by atoms with Crippen molar-refractivity contribution in [2.24, 2.45) is 0 Å². The first-order valence-corrected chi connectivity index (χ1v) is 15.0. The van der Waals surface area contributed by atoms with Crippen LogP contribution >= 0.6 is 0 Å². The minimum atomic E-state index is -3.69. The van der Waals surface area contributed by atoms with Gasteiger partial charge in [0.05, 0.1) is 49.0 Å². The van der Waals surface area contributed by atoms with E-state index in [0.29, 0.717) is 6.54 Å². The number of ether oxygens (including phenoxy) is 1. The maximum Gasteiger partial charge on any atom is 0.253 e. The number of aryl methyl sites for hydroxylation is 1. The SMILES string of the molecule is CCc1cccc(CNCC(O)C(Cc2cc(F)cc(F)c2)NC(=O)c2cncc(N(CCOC)S(C)(=O)=O)c2)c1. The number of aliphatic hydroxyl groups is 1. The summed E-state index contributed by atoms with van der Waals surface area (Å²) in [6.45, 7) is 2.74. The number of benzene rings is 2. The van der Waals surface area contributed by atoms with E-state index in [9.17, 15) is 27.1 Å². The number of nitrogens with zero attached hydrogens (tertiary/aromatic N) is 2. The number of methoxy groups -OCH3 is 1. The highest BCUT2D eigenvalue weighted by Crippen LogP contribution is 2.19. The molecule has 0 spiro atoms. The Kier molecular flexibility index (Phi) is 11.7. The molecule has 0 saturated carbocycles. The number of pyridine rings is 1. The Morgan fingerprint density at radius 3 is 2.44 bits per heavy atom. The number of aliphatic hydroxyl groups excluding tert-OH is 1. The molecule has 2 unspecified atom stereocenters. The number of carbonyl (C=O) groups is 1. The van der Waals surface area contributed by atoms with Crippen molar-refractivity contribution < 1.29 is 31.8 Å². The lowest BCUT2D eigenvalue weighted by Gasteiger charge is -2.25. The zero-order valence-corrected chi connectivity index (χ0v) is 24.1.